The van der Waals surface area contributed by atoms with Gasteiger partial charge in [-0.3, -0.25) is 4.68 Å². The molecule has 0 saturated heterocycles. The van der Waals surface area contributed by atoms with Crippen LogP contribution in [0.1, 0.15) is 22.9 Å². The van der Waals surface area contributed by atoms with Gasteiger partial charge < -0.3 is 5.32 Å². The van der Waals surface area contributed by atoms with Crippen LogP contribution in [-0.2, 0) is 13.5 Å². The fourth-order valence-corrected chi connectivity index (χ4v) is 2.52. The second kappa shape index (κ2) is 5.89. The number of likely N-dealkylation sites (N-methyl/N-ethyl adjacent to an activating group) is 1. The molecule has 2 aromatic rings. The van der Waals surface area contributed by atoms with E-state index >= 15 is 0 Å². The van der Waals surface area contributed by atoms with Crippen LogP contribution in [-0.4, -0.2) is 16.8 Å². The van der Waals surface area contributed by atoms with Gasteiger partial charge in [-0.05, 0) is 38.1 Å². The Morgan fingerprint density at radius 3 is 2.35 bits per heavy atom. The van der Waals surface area contributed by atoms with Gasteiger partial charge in [-0.1, -0.05) is 11.6 Å². The Morgan fingerprint density at radius 2 is 1.90 bits per heavy atom. The number of nitrogens with one attached hydrogen (secondary N) is 1. The fourth-order valence-electron chi connectivity index (χ4n) is 2.27. The third-order valence-corrected chi connectivity index (χ3v) is 3.79. The van der Waals surface area contributed by atoms with Crippen molar-refractivity contribution in [3.63, 3.8) is 0 Å². The maximum absolute atomic E-state index is 13.3. The second-order valence-electron chi connectivity index (χ2n) is 4.73. The molecule has 1 N–H and O–H groups in total. The van der Waals surface area contributed by atoms with Gasteiger partial charge >= 0.3 is 0 Å². The first kappa shape index (κ1) is 14.9. The summed E-state index contributed by atoms with van der Waals surface area (Å²) in [5, 5.41) is 7.83. The summed E-state index contributed by atoms with van der Waals surface area (Å²) in [5.41, 5.74) is 2.23. The Kier molecular flexibility index (Phi) is 4.40. The number of hydrogen-bond acceptors (Lipinski definition) is 2. The third kappa shape index (κ3) is 2.99. The first-order valence-corrected chi connectivity index (χ1v) is 6.61. The minimum Gasteiger partial charge on any atom is -0.313 e. The van der Waals surface area contributed by atoms with Crippen LogP contribution in [0.3, 0.4) is 0 Å². The second-order valence-corrected chi connectivity index (χ2v) is 5.08. The highest BCUT2D eigenvalue weighted by Gasteiger charge is 2.18. The molecule has 0 fully saturated rings. The number of hydrogen-bond donors (Lipinski definition) is 1. The average Bonchev–Trinajstić information content (AvgIpc) is 2.60. The molecule has 20 heavy (non-hydrogen) atoms. The van der Waals surface area contributed by atoms with E-state index in [2.05, 4.69) is 10.4 Å². The summed E-state index contributed by atoms with van der Waals surface area (Å²) in [5.74, 6) is -1.18. The minimum atomic E-state index is -0.589. The van der Waals surface area contributed by atoms with Gasteiger partial charge in [-0.2, -0.15) is 5.10 Å². The van der Waals surface area contributed by atoms with Gasteiger partial charge in [0.05, 0.1) is 5.69 Å². The van der Waals surface area contributed by atoms with Crippen molar-refractivity contribution in [3.05, 3.63) is 51.8 Å². The number of aryl methyl sites for hydroxylation is 2. The highest BCUT2D eigenvalue weighted by atomic mass is 35.5. The highest BCUT2D eigenvalue weighted by Crippen LogP contribution is 2.26. The van der Waals surface area contributed by atoms with E-state index in [1.165, 1.54) is 12.1 Å². The molecular weight excluding hydrogens is 284 g/mol. The van der Waals surface area contributed by atoms with Gasteiger partial charge in [0, 0.05) is 24.7 Å². The number of benzene rings is 1. The molecular formula is C14H16ClF2N3. The molecule has 6 heteroatoms. The lowest BCUT2D eigenvalue weighted by molar-refractivity contribution is 0.550. The topological polar surface area (TPSA) is 29.9 Å². The van der Waals surface area contributed by atoms with Gasteiger partial charge in [0.25, 0.3) is 0 Å². The summed E-state index contributed by atoms with van der Waals surface area (Å²) in [6, 6.07) is 3.27. The van der Waals surface area contributed by atoms with Crippen LogP contribution in [0.15, 0.2) is 18.2 Å². The van der Waals surface area contributed by atoms with Crippen molar-refractivity contribution >= 4 is 11.6 Å². The van der Waals surface area contributed by atoms with Gasteiger partial charge in [-0.15, -0.1) is 0 Å². The highest BCUT2D eigenvalue weighted by molar-refractivity contribution is 6.30. The molecule has 108 valence electrons. The molecule has 0 saturated carbocycles. The maximum Gasteiger partial charge on any atom is 0.130 e. The Morgan fingerprint density at radius 1 is 1.30 bits per heavy atom. The molecule has 0 aliphatic carbocycles. The van der Waals surface area contributed by atoms with E-state index in [0.717, 1.165) is 17.3 Å². The van der Waals surface area contributed by atoms with Gasteiger partial charge in [0.2, 0.25) is 0 Å². The van der Waals surface area contributed by atoms with Crippen molar-refractivity contribution in [1.82, 2.24) is 15.1 Å². The monoisotopic (exact) mass is 299 g/mol. The molecule has 1 aromatic heterocycles. The first-order chi connectivity index (χ1) is 9.42. The van der Waals surface area contributed by atoms with Crippen LogP contribution in [0.2, 0.25) is 5.15 Å². The maximum atomic E-state index is 13.3. The molecule has 1 unspecified atom stereocenters. The summed E-state index contributed by atoms with van der Waals surface area (Å²) in [6.07, 6.45) is 0.512. The van der Waals surface area contributed by atoms with Gasteiger partial charge in [0.15, 0.2) is 0 Å². The lowest BCUT2D eigenvalue weighted by Crippen LogP contribution is -2.19. The van der Waals surface area contributed by atoms with E-state index in [9.17, 15) is 8.78 Å². The summed E-state index contributed by atoms with van der Waals surface area (Å²) >= 11 is 6.19. The van der Waals surface area contributed by atoms with Crippen LogP contribution >= 0.6 is 11.6 Å². The Hall–Kier alpha value is -1.46. The molecule has 1 aromatic carbocycles. The Bertz CT molecular complexity index is 605. The van der Waals surface area contributed by atoms with E-state index in [0.29, 0.717) is 17.1 Å². The molecule has 2 rings (SSSR count). The van der Waals surface area contributed by atoms with Crippen molar-refractivity contribution in [2.75, 3.05) is 7.05 Å². The van der Waals surface area contributed by atoms with E-state index in [4.69, 9.17) is 11.6 Å². The van der Waals surface area contributed by atoms with Crippen molar-refractivity contribution in [3.8, 4) is 0 Å². The molecule has 0 spiro atoms. The zero-order valence-electron chi connectivity index (χ0n) is 11.5. The molecule has 0 aliphatic heterocycles. The van der Waals surface area contributed by atoms with E-state index < -0.39 is 11.6 Å². The molecule has 0 bridgehead atoms. The zero-order chi connectivity index (χ0) is 14.9. The first-order valence-electron chi connectivity index (χ1n) is 6.23. The van der Waals surface area contributed by atoms with Crippen molar-refractivity contribution in [2.24, 2.45) is 7.05 Å². The Balaban J connectivity index is 2.33. The van der Waals surface area contributed by atoms with Crippen LogP contribution in [0.4, 0.5) is 8.78 Å². The number of aromatic nitrogens is 2. The number of halogens is 3. The van der Waals surface area contributed by atoms with E-state index in [1.807, 2.05) is 6.92 Å². The molecule has 1 heterocycles. The lowest BCUT2D eigenvalue weighted by Gasteiger charge is -2.17. The number of rotatable bonds is 4. The standard InChI is InChI=1S/C14H16ClF2N3/c1-8-12(14(15)20(3)19-8)7-13(18-2)9-4-10(16)6-11(17)5-9/h4-6,13,18H,7H2,1-3H3. The molecule has 0 amide bonds. The van der Waals surface area contributed by atoms with Crippen molar-refractivity contribution < 1.29 is 8.78 Å². The van der Waals surface area contributed by atoms with E-state index in [1.54, 1.807) is 18.8 Å². The summed E-state index contributed by atoms with van der Waals surface area (Å²) < 4.78 is 28.2. The normalized spacial score (nSPS) is 12.7. The van der Waals surface area contributed by atoms with Crippen molar-refractivity contribution in [2.45, 2.75) is 19.4 Å². The summed E-state index contributed by atoms with van der Waals surface area (Å²) in [4.78, 5) is 0. The Labute approximate surface area is 121 Å². The molecule has 0 radical (unpaired) electrons. The molecule has 1 atom stereocenters. The number of nitrogens with zero attached hydrogens (tertiary/aromatic N) is 2. The zero-order valence-corrected chi connectivity index (χ0v) is 12.3. The van der Waals surface area contributed by atoms with Gasteiger partial charge in [0.1, 0.15) is 16.8 Å². The van der Waals surface area contributed by atoms with Crippen LogP contribution in [0, 0.1) is 18.6 Å². The van der Waals surface area contributed by atoms with Crippen molar-refractivity contribution in [1.29, 1.82) is 0 Å². The smallest absolute Gasteiger partial charge is 0.130 e. The predicted molar refractivity (Wildman–Crippen MR) is 74.8 cm³/mol. The largest absolute Gasteiger partial charge is 0.313 e. The third-order valence-electron chi connectivity index (χ3n) is 3.31. The molecule has 3 nitrogen and oxygen atoms in total. The van der Waals surface area contributed by atoms with Gasteiger partial charge in [-0.25, -0.2) is 8.78 Å². The lowest BCUT2D eigenvalue weighted by atomic mass is 9.99. The average molecular weight is 300 g/mol. The summed E-state index contributed by atoms with van der Waals surface area (Å²) in [6.45, 7) is 1.86. The fraction of sp³-hybridized carbons (Fsp3) is 0.357. The van der Waals surface area contributed by atoms with E-state index in [-0.39, 0.29) is 6.04 Å². The van der Waals surface area contributed by atoms with Crippen LogP contribution in [0.25, 0.3) is 0 Å². The van der Waals surface area contributed by atoms with Crippen LogP contribution in [0.5, 0.6) is 0 Å². The quantitative estimate of drug-likeness (QED) is 0.940. The minimum absolute atomic E-state index is 0.236. The SMILES string of the molecule is CNC(Cc1c(C)nn(C)c1Cl)c1cc(F)cc(F)c1. The van der Waals surface area contributed by atoms with Crippen LogP contribution < -0.4 is 5.32 Å². The predicted octanol–water partition coefficient (Wildman–Crippen LogP) is 3.16. The summed E-state index contributed by atoms with van der Waals surface area (Å²) in [7, 11) is 3.50. The molecule has 0 aliphatic rings.